The van der Waals surface area contributed by atoms with Crippen LogP contribution in [0.15, 0.2) is 66.8 Å². The lowest BCUT2D eigenvalue weighted by Gasteiger charge is -2.03. The molecule has 0 unspecified atom stereocenters. The highest BCUT2D eigenvalue weighted by atomic mass is 14.0. The van der Waals surface area contributed by atoms with Gasteiger partial charge in [0.15, 0.2) is 0 Å². The van der Waals surface area contributed by atoms with E-state index in [0.717, 1.165) is 12.0 Å². The zero-order valence-electron chi connectivity index (χ0n) is 10.7. The molecule has 0 saturated heterocycles. The van der Waals surface area contributed by atoms with Gasteiger partial charge in [-0.15, -0.1) is 0 Å². The molecule has 88 valence electrons. The van der Waals surface area contributed by atoms with Crippen LogP contribution in [0.25, 0.3) is 6.08 Å². The number of allylic oxidation sites excluding steroid dienone is 5. The molecule has 0 aliphatic rings. The Morgan fingerprint density at radius 1 is 1.18 bits per heavy atom. The van der Waals surface area contributed by atoms with Crippen LogP contribution >= 0.6 is 0 Å². The molecule has 0 bridgehead atoms. The molecular formula is C17H20. The van der Waals surface area contributed by atoms with Crippen molar-refractivity contribution < 1.29 is 0 Å². The predicted octanol–water partition coefficient (Wildman–Crippen LogP) is 5.09. The summed E-state index contributed by atoms with van der Waals surface area (Å²) in [5.74, 6) is 0. The van der Waals surface area contributed by atoms with E-state index in [1.54, 1.807) is 0 Å². The molecule has 1 rings (SSSR count). The van der Waals surface area contributed by atoms with E-state index in [-0.39, 0.29) is 0 Å². The minimum Gasteiger partial charge on any atom is -0.0988 e. The first-order valence-electron chi connectivity index (χ1n) is 5.94. The fourth-order valence-corrected chi connectivity index (χ4v) is 1.73. The van der Waals surface area contributed by atoms with Gasteiger partial charge in [-0.2, -0.15) is 0 Å². The van der Waals surface area contributed by atoms with E-state index in [2.05, 4.69) is 63.4 Å². The average molecular weight is 224 g/mol. The number of hydrogen-bond acceptors (Lipinski definition) is 0. The Bertz CT molecular complexity index is 459. The lowest BCUT2D eigenvalue weighted by Crippen LogP contribution is -1.83. The molecule has 0 N–H and O–H groups in total. The van der Waals surface area contributed by atoms with Crippen molar-refractivity contribution in [2.75, 3.05) is 0 Å². The van der Waals surface area contributed by atoms with E-state index < -0.39 is 0 Å². The molecule has 0 aliphatic heterocycles. The van der Waals surface area contributed by atoms with E-state index >= 15 is 0 Å². The van der Waals surface area contributed by atoms with Gasteiger partial charge in [0.25, 0.3) is 0 Å². The molecule has 0 aliphatic carbocycles. The van der Waals surface area contributed by atoms with E-state index in [0.29, 0.717) is 0 Å². The smallest absolute Gasteiger partial charge is 0.0227 e. The lowest BCUT2D eigenvalue weighted by molar-refractivity contribution is 1.14. The van der Waals surface area contributed by atoms with Crippen molar-refractivity contribution in [2.45, 2.75) is 20.3 Å². The Labute approximate surface area is 105 Å². The van der Waals surface area contributed by atoms with Crippen molar-refractivity contribution >= 4 is 6.08 Å². The van der Waals surface area contributed by atoms with E-state index in [1.165, 1.54) is 16.7 Å². The highest BCUT2D eigenvalue weighted by Crippen LogP contribution is 2.15. The second kappa shape index (κ2) is 6.70. The van der Waals surface area contributed by atoms with Crippen molar-refractivity contribution in [1.29, 1.82) is 0 Å². The summed E-state index contributed by atoms with van der Waals surface area (Å²) in [6.45, 7) is 11.9. The molecule has 17 heavy (non-hydrogen) atoms. The molecule has 0 amide bonds. The first kappa shape index (κ1) is 13.2. The summed E-state index contributed by atoms with van der Waals surface area (Å²) >= 11 is 0. The number of benzene rings is 1. The first-order chi connectivity index (χ1) is 8.22. The van der Waals surface area contributed by atoms with Crippen LogP contribution in [-0.2, 0) is 0 Å². The zero-order valence-corrected chi connectivity index (χ0v) is 10.7. The van der Waals surface area contributed by atoms with Gasteiger partial charge in [-0.1, -0.05) is 68.7 Å². The Hall–Kier alpha value is -1.82. The minimum absolute atomic E-state index is 0.975. The highest BCUT2D eigenvalue weighted by molar-refractivity contribution is 5.58. The fourth-order valence-electron chi connectivity index (χ4n) is 1.73. The van der Waals surface area contributed by atoms with Crippen molar-refractivity contribution in [3.63, 3.8) is 0 Å². The third-order valence-electron chi connectivity index (χ3n) is 2.85. The van der Waals surface area contributed by atoms with Crippen LogP contribution in [0.2, 0.25) is 0 Å². The molecule has 0 atom stereocenters. The second-order valence-electron chi connectivity index (χ2n) is 3.93. The molecule has 0 aromatic heterocycles. The quantitative estimate of drug-likeness (QED) is 0.611. The Kier molecular flexibility index (Phi) is 5.22. The summed E-state index contributed by atoms with van der Waals surface area (Å²) < 4.78 is 0. The summed E-state index contributed by atoms with van der Waals surface area (Å²) in [6, 6.07) is 8.34. The molecule has 1 aromatic rings. The molecule has 0 heterocycles. The maximum atomic E-state index is 3.86. The molecule has 0 saturated carbocycles. The number of aryl methyl sites for hydroxylation is 1. The third kappa shape index (κ3) is 3.60. The van der Waals surface area contributed by atoms with Gasteiger partial charge in [0.05, 0.1) is 0 Å². The fraction of sp³-hybridized carbons (Fsp3) is 0.176. The normalized spacial score (nSPS) is 12.4. The van der Waals surface area contributed by atoms with Gasteiger partial charge < -0.3 is 0 Å². The molecule has 0 heteroatoms. The number of hydrogen-bond donors (Lipinski definition) is 0. The summed E-state index contributed by atoms with van der Waals surface area (Å²) in [6.07, 6.45) is 9.00. The summed E-state index contributed by atoms with van der Waals surface area (Å²) in [5, 5.41) is 0. The average Bonchev–Trinajstić information content (AvgIpc) is 2.36. The van der Waals surface area contributed by atoms with Crippen LogP contribution in [0.5, 0.6) is 0 Å². The van der Waals surface area contributed by atoms with E-state index in [4.69, 9.17) is 0 Å². The van der Waals surface area contributed by atoms with Crippen LogP contribution in [-0.4, -0.2) is 0 Å². The van der Waals surface area contributed by atoms with Crippen molar-refractivity contribution in [3.05, 3.63) is 77.9 Å². The number of rotatable bonds is 5. The third-order valence-corrected chi connectivity index (χ3v) is 2.85. The van der Waals surface area contributed by atoms with Gasteiger partial charge in [-0.3, -0.25) is 0 Å². The van der Waals surface area contributed by atoms with Crippen molar-refractivity contribution in [3.8, 4) is 0 Å². The maximum absolute atomic E-state index is 3.86. The van der Waals surface area contributed by atoms with Crippen molar-refractivity contribution in [1.82, 2.24) is 0 Å². The van der Waals surface area contributed by atoms with Crippen LogP contribution in [0, 0.1) is 6.92 Å². The molecule has 0 fully saturated rings. The summed E-state index contributed by atoms with van der Waals surface area (Å²) in [5.41, 5.74) is 4.89. The molecule has 0 spiro atoms. The summed E-state index contributed by atoms with van der Waals surface area (Å²) in [7, 11) is 0. The SMILES string of the molecule is C=CC(/C=C\c1ccccc1C)=C(\C=C)CC. The van der Waals surface area contributed by atoms with Gasteiger partial charge in [0.2, 0.25) is 0 Å². The molecular weight excluding hydrogens is 204 g/mol. The van der Waals surface area contributed by atoms with E-state index in [1.807, 2.05) is 12.2 Å². The Morgan fingerprint density at radius 2 is 1.88 bits per heavy atom. The maximum Gasteiger partial charge on any atom is -0.0227 e. The first-order valence-corrected chi connectivity index (χ1v) is 5.94. The van der Waals surface area contributed by atoms with Crippen LogP contribution in [0.3, 0.4) is 0 Å². The highest BCUT2D eigenvalue weighted by Gasteiger charge is 1.95. The van der Waals surface area contributed by atoms with Gasteiger partial charge in [-0.25, -0.2) is 0 Å². The Morgan fingerprint density at radius 3 is 2.41 bits per heavy atom. The monoisotopic (exact) mass is 224 g/mol. The second-order valence-corrected chi connectivity index (χ2v) is 3.93. The van der Waals surface area contributed by atoms with E-state index in [9.17, 15) is 0 Å². The molecule has 0 nitrogen and oxygen atoms in total. The predicted molar refractivity (Wildman–Crippen MR) is 77.9 cm³/mol. The lowest BCUT2D eigenvalue weighted by atomic mass is 10.0. The van der Waals surface area contributed by atoms with Gasteiger partial charge in [0.1, 0.15) is 0 Å². The largest absolute Gasteiger partial charge is 0.0988 e. The van der Waals surface area contributed by atoms with Crippen LogP contribution in [0.1, 0.15) is 24.5 Å². The van der Waals surface area contributed by atoms with Gasteiger partial charge in [0, 0.05) is 0 Å². The summed E-state index contributed by atoms with van der Waals surface area (Å²) in [4.78, 5) is 0. The topological polar surface area (TPSA) is 0 Å². The molecule has 1 aromatic carbocycles. The Balaban J connectivity index is 3.04. The zero-order chi connectivity index (χ0) is 12.7. The standard InChI is InChI=1S/C17H20/c1-5-15(6-2)16(7-3)12-13-17-11-9-8-10-14(17)4/h5,7-13H,1,3,6H2,2,4H3/b13-12-,16-15-. The molecule has 0 radical (unpaired) electrons. The van der Waals surface area contributed by atoms with Gasteiger partial charge in [-0.05, 0) is 35.6 Å². The van der Waals surface area contributed by atoms with Gasteiger partial charge >= 0.3 is 0 Å². The van der Waals surface area contributed by atoms with Crippen LogP contribution < -0.4 is 0 Å². The van der Waals surface area contributed by atoms with Crippen LogP contribution in [0.4, 0.5) is 0 Å². The van der Waals surface area contributed by atoms with Crippen molar-refractivity contribution in [2.24, 2.45) is 0 Å². The minimum atomic E-state index is 0.975.